The third-order valence-corrected chi connectivity index (χ3v) is 2.80. The second kappa shape index (κ2) is 4.06. The molecule has 0 bridgehead atoms. The van der Waals surface area contributed by atoms with Crippen LogP contribution in [0.1, 0.15) is 26.4 Å². The van der Waals surface area contributed by atoms with Crippen LogP contribution < -0.4 is 10.5 Å². The van der Waals surface area contributed by atoms with Gasteiger partial charge in [-0.2, -0.15) is 0 Å². The number of hydrogen-bond donors (Lipinski definition) is 3. The third kappa shape index (κ3) is 1.58. The lowest BCUT2D eigenvalue weighted by atomic mass is 10.1. The van der Waals surface area contributed by atoms with Crippen molar-refractivity contribution < 1.29 is 19.4 Å². The maximum absolute atomic E-state index is 11.4. The molecule has 0 saturated heterocycles. The highest BCUT2D eigenvalue weighted by Gasteiger charge is 2.21. The first-order valence-electron chi connectivity index (χ1n) is 5.19. The minimum absolute atomic E-state index is 0.0707. The van der Waals surface area contributed by atoms with E-state index in [0.717, 1.165) is 0 Å². The number of nitrogens with two attached hydrogens (primary N) is 1. The van der Waals surface area contributed by atoms with E-state index >= 15 is 0 Å². The first kappa shape index (κ1) is 12.0. The van der Waals surface area contributed by atoms with Crippen LogP contribution in [0.2, 0.25) is 0 Å². The maximum Gasteiger partial charge on any atom is 0.337 e. The minimum atomic E-state index is -1.08. The number of aromatic nitrogens is 1. The number of benzene rings is 1. The van der Waals surface area contributed by atoms with Gasteiger partial charge in [0.15, 0.2) is 0 Å². The molecular weight excluding hydrogens is 236 g/mol. The van der Waals surface area contributed by atoms with E-state index in [1.807, 2.05) is 0 Å². The zero-order chi connectivity index (χ0) is 13.4. The van der Waals surface area contributed by atoms with Crippen molar-refractivity contribution in [3.63, 3.8) is 0 Å². The molecular formula is C12H12N2O4. The molecule has 0 unspecified atom stereocenters. The molecule has 0 aliphatic carbocycles. The van der Waals surface area contributed by atoms with Crippen molar-refractivity contribution in [2.24, 2.45) is 5.73 Å². The largest absolute Gasteiger partial charge is 0.496 e. The number of aromatic carboxylic acids is 1. The highest BCUT2D eigenvalue weighted by molar-refractivity contribution is 6.14. The number of H-pyrrole nitrogens is 1. The summed E-state index contributed by atoms with van der Waals surface area (Å²) >= 11 is 0. The number of rotatable bonds is 3. The summed E-state index contributed by atoms with van der Waals surface area (Å²) in [5.41, 5.74) is 6.50. The Hall–Kier alpha value is -2.50. The highest BCUT2D eigenvalue weighted by Crippen LogP contribution is 2.33. The Kier molecular flexibility index (Phi) is 2.70. The Morgan fingerprint density at radius 3 is 2.56 bits per heavy atom. The van der Waals surface area contributed by atoms with Crippen molar-refractivity contribution in [3.8, 4) is 5.75 Å². The number of carbonyl (C=O) groups excluding carboxylic acids is 1. The van der Waals surface area contributed by atoms with Gasteiger partial charge in [-0.05, 0) is 19.1 Å². The average molecular weight is 248 g/mol. The van der Waals surface area contributed by atoms with E-state index in [1.165, 1.54) is 19.2 Å². The smallest absolute Gasteiger partial charge is 0.337 e. The zero-order valence-electron chi connectivity index (χ0n) is 9.90. The lowest BCUT2D eigenvalue weighted by Crippen LogP contribution is -2.12. The Balaban J connectivity index is 2.96. The molecule has 2 rings (SSSR count). The summed E-state index contributed by atoms with van der Waals surface area (Å²) < 4.78 is 5.15. The van der Waals surface area contributed by atoms with Gasteiger partial charge in [0.05, 0.1) is 29.1 Å². The molecule has 2 aromatic rings. The minimum Gasteiger partial charge on any atom is -0.496 e. The van der Waals surface area contributed by atoms with Crippen molar-refractivity contribution >= 4 is 22.8 Å². The van der Waals surface area contributed by atoms with Crippen molar-refractivity contribution in [2.45, 2.75) is 6.92 Å². The lowest BCUT2D eigenvalue weighted by Gasteiger charge is -2.05. The van der Waals surface area contributed by atoms with Gasteiger partial charge in [0, 0.05) is 5.69 Å². The molecule has 94 valence electrons. The molecule has 6 heteroatoms. The molecule has 1 aromatic carbocycles. The number of carbonyl (C=O) groups is 2. The average Bonchev–Trinajstić information content (AvgIpc) is 2.64. The lowest BCUT2D eigenvalue weighted by molar-refractivity contribution is 0.0698. The van der Waals surface area contributed by atoms with Crippen LogP contribution in [0.5, 0.6) is 5.75 Å². The van der Waals surface area contributed by atoms with E-state index in [1.54, 1.807) is 6.92 Å². The van der Waals surface area contributed by atoms with Crippen LogP contribution >= 0.6 is 0 Å². The van der Waals surface area contributed by atoms with Crippen LogP contribution in [0.4, 0.5) is 0 Å². The van der Waals surface area contributed by atoms with Crippen LogP contribution in [0.3, 0.4) is 0 Å². The molecule has 0 atom stereocenters. The van der Waals surface area contributed by atoms with Crippen molar-refractivity contribution in [1.82, 2.24) is 4.98 Å². The second-order valence-corrected chi connectivity index (χ2v) is 3.86. The number of methoxy groups -OCH3 is 1. The number of primary amides is 1. The normalized spacial score (nSPS) is 10.6. The summed E-state index contributed by atoms with van der Waals surface area (Å²) in [6, 6.07) is 2.93. The number of aromatic amines is 1. The number of ether oxygens (including phenoxy) is 1. The fourth-order valence-corrected chi connectivity index (χ4v) is 2.06. The van der Waals surface area contributed by atoms with Gasteiger partial charge in [-0.15, -0.1) is 0 Å². The summed E-state index contributed by atoms with van der Waals surface area (Å²) in [5, 5.41) is 9.51. The Morgan fingerprint density at radius 2 is 2.06 bits per heavy atom. The molecule has 0 aliphatic rings. The van der Waals surface area contributed by atoms with Gasteiger partial charge in [-0.3, -0.25) is 4.79 Å². The van der Waals surface area contributed by atoms with Gasteiger partial charge >= 0.3 is 5.97 Å². The second-order valence-electron chi connectivity index (χ2n) is 3.86. The molecule has 0 spiro atoms. The molecule has 1 heterocycles. The molecule has 4 N–H and O–H groups in total. The van der Waals surface area contributed by atoms with Gasteiger partial charge in [0.25, 0.3) is 5.91 Å². The first-order chi connectivity index (χ1) is 8.47. The van der Waals surface area contributed by atoms with Gasteiger partial charge in [0.2, 0.25) is 0 Å². The monoisotopic (exact) mass is 248 g/mol. The van der Waals surface area contributed by atoms with Crippen LogP contribution in [0, 0.1) is 6.92 Å². The van der Waals surface area contributed by atoms with Gasteiger partial charge in [-0.25, -0.2) is 4.79 Å². The van der Waals surface area contributed by atoms with Crippen LogP contribution in [0.15, 0.2) is 12.1 Å². The Morgan fingerprint density at radius 1 is 1.39 bits per heavy atom. The number of aryl methyl sites for hydroxylation is 1. The fourth-order valence-electron chi connectivity index (χ4n) is 2.06. The van der Waals surface area contributed by atoms with E-state index in [0.29, 0.717) is 22.3 Å². The first-order valence-corrected chi connectivity index (χ1v) is 5.19. The predicted molar refractivity (Wildman–Crippen MR) is 65.1 cm³/mol. The SMILES string of the molecule is COc1ccc(C(=O)O)c2[nH]c(C)c(C(N)=O)c12. The number of hydrogen-bond acceptors (Lipinski definition) is 3. The molecule has 18 heavy (non-hydrogen) atoms. The number of amides is 1. The quantitative estimate of drug-likeness (QED) is 0.760. The molecule has 6 nitrogen and oxygen atoms in total. The van der Waals surface area contributed by atoms with E-state index < -0.39 is 11.9 Å². The topological polar surface area (TPSA) is 105 Å². The Bertz CT molecular complexity index is 658. The van der Waals surface area contributed by atoms with E-state index in [-0.39, 0.29) is 11.1 Å². The van der Waals surface area contributed by atoms with E-state index in [9.17, 15) is 9.59 Å². The van der Waals surface area contributed by atoms with E-state index in [4.69, 9.17) is 15.6 Å². The summed E-state index contributed by atoms with van der Waals surface area (Å²) in [6.07, 6.45) is 0. The van der Waals surface area contributed by atoms with Crippen molar-refractivity contribution in [3.05, 3.63) is 29.0 Å². The van der Waals surface area contributed by atoms with Crippen LogP contribution in [-0.2, 0) is 0 Å². The third-order valence-electron chi connectivity index (χ3n) is 2.80. The summed E-state index contributed by atoms with van der Waals surface area (Å²) in [6.45, 7) is 1.66. The highest BCUT2D eigenvalue weighted by atomic mass is 16.5. The van der Waals surface area contributed by atoms with Gasteiger partial charge < -0.3 is 20.6 Å². The molecule has 1 aromatic heterocycles. The van der Waals surface area contributed by atoms with E-state index in [2.05, 4.69) is 4.98 Å². The summed E-state index contributed by atoms with van der Waals surface area (Å²) in [4.78, 5) is 25.4. The molecule has 0 aliphatic heterocycles. The van der Waals surface area contributed by atoms with Gasteiger partial charge in [-0.1, -0.05) is 0 Å². The standard InChI is InChI=1S/C12H12N2O4/c1-5-8(11(13)15)9-7(18-2)4-3-6(12(16)17)10(9)14-5/h3-4,14H,1-2H3,(H2,13,15)(H,16,17). The fraction of sp³-hybridized carbons (Fsp3) is 0.167. The number of fused-ring (bicyclic) bond motifs is 1. The predicted octanol–water partition coefficient (Wildman–Crippen LogP) is 1.28. The van der Waals surface area contributed by atoms with Crippen LogP contribution in [-0.4, -0.2) is 29.1 Å². The van der Waals surface area contributed by atoms with Crippen molar-refractivity contribution in [1.29, 1.82) is 0 Å². The summed E-state index contributed by atoms with van der Waals surface area (Å²) in [7, 11) is 1.45. The van der Waals surface area contributed by atoms with Crippen molar-refractivity contribution in [2.75, 3.05) is 7.11 Å². The zero-order valence-corrected chi connectivity index (χ0v) is 9.90. The number of nitrogens with one attached hydrogen (secondary N) is 1. The van der Waals surface area contributed by atoms with Crippen LogP contribution in [0.25, 0.3) is 10.9 Å². The molecule has 0 fully saturated rings. The summed E-state index contributed by atoms with van der Waals surface area (Å²) in [5.74, 6) is -1.30. The molecule has 1 amide bonds. The maximum atomic E-state index is 11.4. The molecule has 0 radical (unpaired) electrons. The van der Waals surface area contributed by atoms with Gasteiger partial charge in [0.1, 0.15) is 5.75 Å². The molecule has 0 saturated carbocycles. The Labute approximate surface area is 102 Å². The number of carboxylic acids is 1. The number of carboxylic acid groups (broad SMARTS) is 1.